The smallest absolute Gasteiger partial charge is 0.339 e. The molecule has 0 unspecified atom stereocenters. The Bertz CT molecular complexity index is 1120. The lowest BCUT2D eigenvalue weighted by Gasteiger charge is -2.17. The van der Waals surface area contributed by atoms with Crippen LogP contribution >= 0.6 is 31.9 Å². The van der Waals surface area contributed by atoms with E-state index in [-0.39, 0.29) is 10.6 Å². The Balaban J connectivity index is 2.24. The Morgan fingerprint density at radius 2 is 1.58 bits per heavy atom. The third-order valence-corrected chi connectivity index (χ3v) is 7.23. The number of nitrogens with zero attached hydrogens (tertiary/aromatic N) is 1. The zero-order valence-corrected chi connectivity index (χ0v) is 18.7. The molecule has 0 aliphatic heterocycles. The Hall–Kier alpha value is -1.44. The van der Waals surface area contributed by atoms with E-state index in [0.717, 1.165) is 21.0 Å². The van der Waals surface area contributed by atoms with Crippen molar-refractivity contribution in [2.75, 3.05) is 0 Å². The molecular weight excluding hydrogens is 482 g/mol. The summed E-state index contributed by atoms with van der Waals surface area (Å²) in [6.07, 6.45) is 1.61. The molecule has 26 heavy (non-hydrogen) atoms. The van der Waals surface area contributed by atoms with Crippen molar-refractivity contribution < 1.29 is 12.6 Å². The number of pyridine rings is 1. The number of hydrogen-bond donors (Lipinski definition) is 0. The molecule has 0 saturated carbocycles. The minimum Gasteiger partial charge on any atom is -0.375 e. The molecule has 0 fully saturated rings. The SMILES string of the molecule is Cc1cc(C)c(C)c(S(=O)(=O)Oc2c(Br)cc(Br)c3cccnc23)c1C. The number of fused-ring (bicyclic) bond motifs is 1. The zero-order valence-electron chi connectivity index (χ0n) is 14.7. The first kappa shape index (κ1) is 19.3. The molecule has 0 saturated heterocycles. The van der Waals surface area contributed by atoms with Crippen LogP contribution in [-0.4, -0.2) is 13.4 Å². The van der Waals surface area contributed by atoms with E-state index in [0.29, 0.717) is 21.1 Å². The molecule has 0 N–H and O–H groups in total. The van der Waals surface area contributed by atoms with Gasteiger partial charge in [-0.05, 0) is 78.0 Å². The van der Waals surface area contributed by atoms with Gasteiger partial charge in [0.2, 0.25) is 0 Å². The van der Waals surface area contributed by atoms with E-state index in [1.165, 1.54) is 0 Å². The van der Waals surface area contributed by atoms with Crippen LogP contribution in [0.2, 0.25) is 0 Å². The van der Waals surface area contributed by atoms with Gasteiger partial charge in [0, 0.05) is 16.1 Å². The summed E-state index contributed by atoms with van der Waals surface area (Å²) in [6.45, 7) is 7.39. The summed E-state index contributed by atoms with van der Waals surface area (Å²) < 4.78 is 33.2. The maximum absolute atomic E-state index is 13.1. The molecule has 4 nitrogen and oxygen atoms in total. The molecule has 3 aromatic rings. The van der Waals surface area contributed by atoms with Gasteiger partial charge < -0.3 is 4.18 Å². The fourth-order valence-electron chi connectivity index (χ4n) is 2.93. The average molecular weight is 499 g/mol. The summed E-state index contributed by atoms with van der Waals surface area (Å²) in [5.41, 5.74) is 3.68. The molecule has 7 heteroatoms. The largest absolute Gasteiger partial charge is 0.375 e. The van der Waals surface area contributed by atoms with Crippen molar-refractivity contribution in [3.63, 3.8) is 0 Å². The molecular formula is C19H17Br2NO3S. The van der Waals surface area contributed by atoms with E-state index < -0.39 is 10.1 Å². The Morgan fingerprint density at radius 1 is 0.962 bits per heavy atom. The van der Waals surface area contributed by atoms with Gasteiger partial charge in [0.25, 0.3) is 0 Å². The highest BCUT2D eigenvalue weighted by molar-refractivity contribution is 9.11. The lowest BCUT2D eigenvalue weighted by Crippen LogP contribution is -2.15. The second-order valence-corrected chi connectivity index (χ2v) is 9.39. The molecule has 0 radical (unpaired) electrons. The fraction of sp³-hybridized carbons (Fsp3) is 0.211. The highest BCUT2D eigenvalue weighted by Gasteiger charge is 2.26. The lowest BCUT2D eigenvalue weighted by atomic mass is 10.0. The normalized spacial score (nSPS) is 11.8. The van der Waals surface area contributed by atoms with Crippen molar-refractivity contribution in [1.29, 1.82) is 0 Å². The van der Waals surface area contributed by atoms with Crippen LogP contribution in [0.25, 0.3) is 10.9 Å². The molecule has 1 heterocycles. The summed E-state index contributed by atoms with van der Waals surface area (Å²) in [4.78, 5) is 4.53. The van der Waals surface area contributed by atoms with Gasteiger partial charge >= 0.3 is 10.1 Å². The maximum Gasteiger partial charge on any atom is 0.339 e. The van der Waals surface area contributed by atoms with Gasteiger partial charge in [-0.1, -0.05) is 28.1 Å². The Labute approximate surface area is 170 Å². The predicted octanol–water partition coefficient (Wildman–Crippen LogP) is 5.76. The van der Waals surface area contributed by atoms with Crippen LogP contribution in [0.1, 0.15) is 22.3 Å². The molecule has 136 valence electrons. The maximum atomic E-state index is 13.1. The van der Waals surface area contributed by atoms with Crippen LogP contribution in [0.4, 0.5) is 0 Å². The molecule has 0 aliphatic rings. The van der Waals surface area contributed by atoms with E-state index in [1.807, 2.05) is 26.0 Å². The minimum atomic E-state index is -4.03. The molecule has 2 aromatic carbocycles. The minimum absolute atomic E-state index is 0.182. The summed E-state index contributed by atoms with van der Waals surface area (Å²) in [5, 5.41) is 0.773. The molecule has 0 atom stereocenters. The first-order valence-corrected chi connectivity index (χ1v) is 10.9. The molecule has 3 rings (SSSR count). The number of aromatic nitrogens is 1. The van der Waals surface area contributed by atoms with Crippen molar-refractivity contribution in [3.8, 4) is 5.75 Å². The number of halogens is 2. The quantitative estimate of drug-likeness (QED) is 0.430. The number of hydrogen-bond acceptors (Lipinski definition) is 4. The van der Waals surface area contributed by atoms with Gasteiger partial charge in [0.15, 0.2) is 5.75 Å². The van der Waals surface area contributed by atoms with Crippen molar-refractivity contribution in [2.24, 2.45) is 0 Å². The lowest BCUT2D eigenvalue weighted by molar-refractivity contribution is 0.485. The summed E-state index contributed by atoms with van der Waals surface area (Å²) in [6, 6.07) is 7.38. The molecule has 1 aromatic heterocycles. The van der Waals surface area contributed by atoms with Crippen LogP contribution in [0.15, 0.2) is 44.3 Å². The third kappa shape index (κ3) is 3.28. The van der Waals surface area contributed by atoms with Gasteiger partial charge in [-0.25, -0.2) is 0 Å². The van der Waals surface area contributed by atoms with Crippen LogP contribution in [0.5, 0.6) is 5.75 Å². The molecule has 0 bridgehead atoms. The Kier molecular flexibility index (Phi) is 5.16. The summed E-state index contributed by atoms with van der Waals surface area (Å²) >= 11 is 6.87. The van der Waals surface area contributed by atoms with E-state index in [2.05, 4.69) is 36.8 Å². The molecule has 0 spiro atoms. The van der Waals surface area contributed by atoms with Crippen molar-refractivity contribution >= 4 is 52.9 Å². The monoisotopic (exact) mass is 497 g/mol. The van der Waals surface area contributed by atoms with Crippen molar-refractivity contribution in [3.05, 3.63) is 61.7 Å². The van der Waals surface area contributed by atoms with Crippen molar-refractivity contribution in [2.45, 2.75) is 32.6 Å². The van der Waals surface area contributed by atoms with Crippen LogP contribution < -0.4 is 4.18 Å². The second kappa shape index (κ2) is 6.94. The number of aryl methyl sites for hydroxylation is 2. The van der Waals surface area contributed by atoms with Crippen LogP contribution in [0.3, 0.4) is 0 Å². The standard InChI is InChI=1S/C19H17Br2NO3S/c1-10-8-11(2)13(4)19(12(10)3)26(23,24)25-18-16(21)9-15(20)14-6-5-7-22-17(14)18/h5-9H,1-4H3. The predicted molar refractivity (Wildman–Crippen MR) is 110 cm³/mol. The molecule has 0 aliphatic carbocycles. The number of benzene rings is 2. The van der Waals surface area contributed by atoms with Crippen molar-refractivity contribution in [1.82, 2.24) is 4.98 Å². The fourth-order valence-corrected chi connectivity index (χ4v) is 5.94. The highest BCUT2D eigenvalue weighted by atomic mass is 79.9. The average Bonchev–Trinajstić information content (AvgIpc) is 2.57. The topological polar surface area (TPSA) is 56.3 Å². The first-order valence-electron chi connectivity index (χ1n) is 7.88. The van der Waals surface area contributed by atoms with E-state index in [4.69, 9.17) is 4.18 Å². The Morgan fingerprint density at radius 3 is 2.19 bits per heavy atom. The summed E-state index contributed by atoms with van der Waals surface area (Å²) in [7, 11) is -4.03. The van der Waals surface area contributed by atoms with Crippen LogP contribution in [0, 0.1) is 27.7 Å². The van der Waals surface area contributed by atoms with Gasteiger partial charge in [-0.3, -0.25) is 4.98 Å². The third-order valence-electron chi connectivity index (χ3n) is 4.49. The summed E-state index contributed by atoms with van der Waals surface area (Å²) in [5.74, 6) is 0.182. The van der Waals surface area contributed by atoms with Gasteiger partial charge in [-0.2, -0.15) is 8.42 Å². The van der Waals surface area contributed by atoms with Gasteiger partial charge in [-0.15, -0.1) is 0 Å². The molecule has 0 amide bonds. The van der Waals surface area contributed by atoms with Crippen LogP contribution in [-0.2, 0) is 10.1 Å². The van der Waals surface area contributed by atoms with E-state index in [1.54, 1.807) is 32.2 Å². The first-order chi connectivity index (χ1) is 12.1. The van der Waals surface area contributed by atoms with E-state index >= 15 is 0 Å². The number of rotatable bonds is 3. The van der Waals surface area contributed by atoms with Gasteiger partial charge in [0.05, 0.1) is 4.47 Å². The van der Waals surface area contributed by atoms with E-state index in [9.17, 15) is 8.42 Å². The van der Waals surface area contributed by atoms with Gasteiger partial charge in [0.1, 0.15) is 10.4 Å². The second-order valence-electron chi connectivity index (χ2n) is 6.20. The highest BCUT2D eigenvalue weighted by Crippen LogP contribution is 2.39. The zero-order chi connectivity index (χ0) is 19.2.